The van der Waals surface area contributed by atoms with E-state index in [0.29, 0.717) is 11.6 Å². The van der Waals surface area contributed by atoms with Gasteiger partial charge in [0.2, 0.25) is 11.8 Å². The Bertz CT molecular complexity index is 784. The summed E-state index contributed by atoms with van der Waals surface area (Å²) in [5, 5.41) is 3.51. The Morgan fingerprint density at radius 3 is 2.22 bits per heavy atom. The Kier molecular flexibility index (Phi) is 7.03. The van der Waals surface area contributed by atoms with Gasteiger partial charge in [-0.1, -0.05) is 60.1 Å². The molecule has 2 amide bonds. The highest BCUT2D eigenvalue weighted by atomic mass is 35.5. The molecule has 2 rings (SSSR count). The van der Waals surface area contributed by atoms with Crippen LogP contribution in [0.1, 0.15) is 38.8 Å². The first-order valence-corrected chi connectivity index (χ1v) is 9.44. The second-order valence-corrected chi connectivity index (χ2v) is 8.10. The second kappa shape index (κ2) is 9.05. The van der Waals surface area contributed by atoms with Crippen LogP contribution in [-0.2, 0) is 22.6 Å². The lowest BCUT2D eigenvalue weighted by Gasteiger charge is -2.31. The highest BCUT2D eigenvalue weighted by Gasteiger charge is 2.28. The van der Waals surface area contributed by atoms with Crippen LogP contribution in [0, 0.1) is 0 Å². The Morgan fingerprint density at radius 1 is 1.04 bits per heavy atom. The summed E-state index contributed by atoms with van der Waals surface area (Å²) in [6.07, 6.45) is 0.152. The van der Waals surface area contributed by atoms with Crippen molar-refractivity contribution in [1.82, 2.24) is 10.2 Å². The summed E-state index contributed by atoms with van der Waals surface area (Å²) in [6, 6.07) is 16.4. The topological polar surface area (TPSA) is 49.4 Å². The first-order chi connectivity index (χ1) is 12.7. The fraction of sp³-hybridized carbons (Fsp3) is 0.364. The number of carbonyl (C=O) groups excluding carboxylic acids is 2. The molecule has 2 aromatic carbocycles. The number of hydrogen-bond acceptors (Lipinski definition) is 2. The number of carbonyl (C=O) groups is 2. The predicted molar refractivity (Wildman–Crippen MR) is 110 cm³/mol. The van der Waals surface area contributed by atoms with E-state index in [1.807, 2.05) is 69.3 Å². The van der Waals surface area contributed by atoms with Crippen molar-refractivity contribution in [1.29, 1.82) is 0 Å². The molecule has 0 radical (unpaired) electrons. The maximum atomic E-state index is 13.1. The molecule has 0 fully saturated rings. The van der Waals surface area contributed by atoms with Crippen LogP contribution in [0.5, 0.6) is 0 Å². The number of rotatable bonds is 6. The van der Waals surface area contributed by atoms with Gasteiger partial charge in [0.15, 0.2) is 0 Å². The van der Waals surface area contributed by atoms with E-state index in [1.165, 1.54) is 0 Å². The van der Waals surface area contributed by atoms with Gasteiger partial charge in [-0.15, -0.1) is 0 Å². The third-order valence-corrected chi connectivity index (χ3v) is 4.53. The smallest absolute Gasteiger partial charge is 0.242 e. The van der Waals surface area contributed by atoms with Gasteiger partial charge in [-0.25, -0.2) is 0 Å². The SMILES string of the molecule is C[C@@H](C(=O)NC(C)(C)C)N(Cc1ccccc1)C(=O)Cc1ccccc1Cl. The van der Waals surface area contributed by atoms with Crippen LogP contribution in [0.25, 0.3) is 0 Å². The number of hydrogen-bond donors (Lipinski definition) is 1. The molecule has 0 saturated carbocycles. The minimum absolute atomic E-state index is 0.136. The van der Waals surface area contributed by atoms with Gasteiger partial charge in [0.1, 0.15) is 6.04 Å². The largest absolute Gasteiger partial charge is 0.350 e. The standard InChI is InChI=1S/C22H27ClN2O2/c1-16(21(27)24-22(2,3)4)25(15-17-10-6-5-7-11-17)20(26)14-18-12-8-9-13-19(18)23/h5-13,16H,14-15H2,1-4H3,(H,24,27)/t16-/m0/s1. The van der Waals surface area contributed by atoms with Crippen molar-refractivity contribution in [2.45, 2.75) is 52.2 Å². The first kappa shape index (κ1) is 21.0. The molecule has 144 valence electrons. The van der Waals surface area contributed by atoms with Crippen LogP contribution in [-0.4, -0.2) is 28.3 Å². The fourth-order valence-electron chi connectivity index (χ4n) is 2.74. The van der Waals surface area contributed by atoms with E-state index in [4.69, 9.17) is 11.6 Å². The molecule has 1 atom stereocenters. The number of nitrogens with one attached hydrogen (secondary N) is 1. The lowest BCUT2D eigenvalue weighted by atomic mass is 10.1. The Hall–Kier alpha value is -2.33. The molecule has 0 heterocycles. The van der Waals surface area contributed by atoms with Crippen LogP contribution >= 0.6 is 11.6 Å². The zero-order valence-corrected chi connectivity index (χ0v) is 17.1. The van der Waals surface area contributed by atoms with Crippen molar-refractivity contribution in [3.63, 3.8) is 0 Å². The van der Waals surface area contributed by atoms with Crippen molar-refractivity contribution >= 4 is 23.4 Å². The Morgan fingerprint density at radius 2 is 1.63 bits per heavy atom. The van der Waals surface area contributed by atoms with Gasteiger partial charge in [-0.05, 0) is 44.9 Å². The lowest BCUT2D eigenvalue weighted by molar-refractivity contribution is -0.140. The van der Waals surface area contributed by atoms with Gasteiger partial charge in [0.25, 0.3) is 0 Å². The predicted octanol–water partition coefficient (Wildman–Crippen LogP) is 4.21. The molecular formula is C22H27ClN2O2. The minimum Gasteiger partial charge on any atom is -0.350 e. The zero-order valence-electron chi connectivity index (χ0n) is 16.3. The van der Waals surface area contributed by atoms with E-state index in [9.17, 15) is 9.59 Å². The van der Waals surface area contributed by atoms with E-state index < -0.39 is 6.04 Å². The van der Waals surface area contributed by atoms with Crippen LogP contribution in [0.2, 0.25) is 5.02 Å². The van der Waals surface area contributed by atoms with Crippen LogP contribution in [0.15, 0.2) is 54.6 Å². The monoisotopic (exact) mass is 386 g/mol. The molecule has 0 spiro atoms. The van der Waals surface area contributed by atoms with Crippen LogP contribution < -0.4 is 5.32 Å². The number of benzene rings is 2. The highest BCUT2D eigenvalue weighted by molar-refractivity contribution is 6.31. The van der Waals surface area contributed by atoms with Gasteiger partial charge in [0.05, 0.1) is 6.42 Å². The summed E-state index contributed by atoms with van der Waals surface area (Å²) >= 11 is 6.21. The molecule has 27 heavy (non-hydrogen) atoms. The molecule has 0 aliphatic heterocycles. The molecule has 0 unspecified atom stereocenters. The maximum Gasteiger partial charge on any atom is 0.242 e. The van der Waals surface area contributed by atoms with Crippen molar-refractivity contribution in [2.24, 2.45) is 0 Å². The van der Waals surface area contributed by atoms with E-state index in [2.05, 4.69) is 5.32 Å². The third-order valence-electron chi connectivity index (χ3n) is 4.16. The minimum atomic E-state index is -0.598. The van der Waals surface area contributed by atoms with Crippen molar-refractivity contribution in [2.75, 3.05) is 0 Å². The highest BCUT2D eigenvalue weighted by Crippen LogP contribution is 2.18. The number of halogens is 1. The maximum absolute atomic E-state index is 13.1. The summed E-state index contributed by atoms with van der Waals surface area (Å²) in [5.41, 5.74) is 1.36. The zero-order chi connectivity index (χ0) is 20.0. The molecule has 5 heteroatoms. The number of nitrogens with zero attached hydrogens (tertiary/aromatic N) is 1. The van der Waals surface area contributed by atoms with Gasteiger partial charge in [0, 0.05) is 17.1 Å². The molecule has 4 nitrogen and oxygen atoms in total. The molecular weight excluding hydrogens is 360 g/mol. The van der Waals surface area contributed by atoms with Gasteiger partial charge in [-0.3, -0.25) is 9.59 Å². The fourth-order valence-corrected chi connectivity index (χ4v) is 2.95. The average molecular weight is 387 g/mol. The van der Waals surface area contributed by atoms with E-state index in [0.717, 1.165) is 11.1 Å². The van der Waals surface area contributed by atoms with E-state index >= 15 is 0 Å². The van der Waals surface area contributed by atoms with Crippen LogP contribution in [0.4, 0.5) is 0 Å². The van der Waals surface area contributed by atoms with Crippen molar-refractivity contribution in [3.8, 4) is 0 Å². The lowest BCUT2D eigenvalue weighted by Crippen LogP contribution is -2.52. The third kappa shape index (κ3) is 6.40. The second-order valence-electron chi connectivity index (χ2n) is 7.69. The van der Waals surface area contributed by atoms with Crippen molar-refractivity contribution in [3.05, 3.63) is 70.7 Å². The van der Waals surface area contributed by atoms with Gasteiger partial charge in [-0.2, -0.15) is 0 Å². The molecule has 0 bridgehead atoms. The Balaban J connectivity index is 2.24. The van der Waals surface area contributed by atoms with Gasteiger partial charge >= 0.3 is 0 Å². The normalized spacial score (nSPS) is 12.3. The summed E-state index contributed by atoms with van der Waals surface area (Å²) in [6.45, 7) is 7.89. The van der Waals surface area contributed by atoms with E-state index in [1.54, 1.807) is 17.9 Å². The van der Waals surface area contributed by atoms with E-state index in [-0.39, 0.29) is 23.8 Å². The molecule has 0 saturated heterocycles. The molecule has 2 aromatic rings. The molecule has 0 aliphatic rings. The van der Waals surface area contributed by atoms with Crippen molar-refractivity contribution < 1.29 is 9.59 Å². The average Bonchev–Trinajstić information content (AvgIpc) is 2.60. The molecule has 0 aliphatic carbocycles. The van der Waals surface area contributed by atoms with Gasteiger partial charge < -0.3 is 10.2 Å². The summed E-state index contributed by atoms with van der Waals surface area (Å²) in [5.74, 6) is -0.311. The summed E-state index contributed by atoms with van der Waals surface area (Å²) in [4.78, 5) is 27.4. The number of amides is 2. The quantitative estimate of drug-likeness (QED) is 0.808. The summed E-state index contributed by atoms with van der Waals surface area (Å²) in [7, 11) is 0. The Labute approximate surface area is 166 Å². The summed E-state index contributed by atoms with van der Waals surface area (Å²) < 4.78 is 0. The molecule has 0 aromatic heterocycles. The first-order valence-electron chi connectivity index (χ1n) is 9.06. The molecule has 1 N–H and O–H groups in total. The van der Waals surface area contributed by atoms with Crippen LogP contribution in [0.3, 0.4) is 0 Å².